The highest BCUT2D eigenvalue weighted by molar-refractivity contribution is 9.10. The zero-order valence-corrected chi connectivity index (χ0v) is 12.8. The molecule has 0 bridgehead atoms. The molecule has 3 nitrogen and oxygen atoms in total. The molecule has 92 valence electrons. The van der Waals surface area contributed by atoms with Gasteiger partial charge in [0.1, 0.15) is 0 Å². The Labute approximate surface area is 117 Å². The minimum Gasteiger partial charge on any atom is -0.391 e. The molecule has 0 radical (unpaired) electrons. The first-order valence-electron chi connectivity index (χ1n) is 5.11. The second kappa shape index (κ2) is 5.48. The fourth-order valence-corrected chi connectivity index (χ4v) is 3.85. The predicted molar refractivity (Wildman–Crippen MR) is 76.9 cm³/mol. The van der Waals surface area contributed by atoms with E-state index < -0.39 is 0 Å². The summed E-state index contributed by atoms with van der Waals surface area (Å²) < 4.78 is 1.12. The van der Waals surface area contributed by atoms with Gasteiger partial charge in [0.05, 0.1) is 23.7 Å². The van der Waals surface area contributed by atoms with Crippen LogP contribution in [-0.2, 0) is 13.2 Å². The van der Waals surface area contributed by atoms with E-state index in [1.54, 1.807) is 22.7 Å². The molecule has 0 spiro atoms. The largest absolute Gasteiger partial charge is 0.391 e. The van der Waals surface area contributed by atoms with Crippen LogP contribution in [-0.4, -0.2) is 17.1 Å². The molecule has 2 rings (SSSR count). The van der Waals surface area contributed by atoms with E-state index >= 15 is 0 Å². The molecule has 0 amide bonds. The molecule has 0 fully saturated rings. The summed E-state index contributed by atoms with van der Waals surface area (Å²) >= 11 is 6.73. The highest BCUT2D eigenvalue weighted by Gasteiger charge is 2.11. The lowest BCUT2D eigenvalue weighted by Crippen LogP contribution is -2.15. The minimum absolute atomic E-state index is 0.0713. The molecule has 0 aliphatic heterocycles. The van der Waals surface area contributed by atoms with Gasteiger partial charge in [-0.2, -0.15) is 0 Å². The number of halogens is 1. The summed E-state index contributed by atoms with van der Waals surface area (Å²) in [7, 11) is 2.02. The van der Waals surface area contributed by atoms with Crippen LogP contribution in [0, 0.1) is 6.92 Å². The highest BCUT2D eigenvalue weighted by atomic mass is 79.9. The van der Waals surface area contributed by atoms with Gasteiger partial charge < -0.3 is 10.0 Å². The second-order valence-electron chi connectivity index (χ2n) is 3.75. The number of hydrogen-bond acceptors (Lipinski definition) is 5. The van der Waals surface area contributed by atoms with Crippen LogP contribution in [0.2, 0.25) is 0 Å². The maximum Gasteiger partial charge on any atom is 0.185 e. The summed E-state index contributed by atoms with van der Waals surface area (Å²) in [4.78, 5) is 8.80. The number of thiophene rings is 1. The van der Waals surface area contributed by atoms with E-state index in [-0.39, 0.29) is 6.61 Å². The Balaban J connectivity index is 2.11. The molecule has 1 N–H and O–H groups in total. The Hall–Kier alpha value is -0.430. The lowest BCUT2D eigenvalue weighted by Gasteiger charge is -2.13. The first-order chi connectivity index (χ1) is 8.10. The molecule has 2 aromatic heterocycles. The zero-order chi connectivity index (χ0) is 12.4. The van der Waals surface area contributed by atoms with Crippen molar-refractivity contribution in [3.8, 4) is 0 Å². The van der Waals surface area contributed by atoms with Crippen molar-refractivity contribution in [2.75, 3.05) is 11.9 Å². The maximum atomic E-state index is 9.15. The van der Waals surface area contributed by atoms with Gasteiger partial charge in [0.2, 0.25) is 0 Å². The van der Waals surface area contributed by atoms with Gasteiger partial charge in [0.15, 0.2) is 5.13 Å². The van der Waals surface area contributed by atoms with Crippen molar-refractivity contribution in [2.24, 2.45) is 0 Å². The quantitative estimate of drug-likeness (QED) is 0.932. The molecule has 17 heavy (non-hydrogen) atoms. The normalized spacial score (nSPS) is 10.8. The van der Waals surface area contributed by atoms with Crippen molar-refractivity contribution in [3.63, 3.8) is 0 Å². The predicted octanol–water partition coefficient (Wildman–Crippen LogP) is 3.40. The number of aryl methyl sites for hydroxylation is 1. The van der Waals surface area contributed by atoms with Crippen molar-refractivity contribution in [1.29, 1.82) is 0 Å². The fourth-order valence-electron chi connectivity index (χ4n) is 1.46. The van der Waals surface area contributed by atoms with E-state index in [1.165, 1.54) is 4.88 Å². The second-order valence-corrected chi connectivity index (χ2v) is 6.72. The topological polar surface area (TPSA) is 36.4 Å². The van der Waals surface area contributed by atoms with Crippen molar-refractivity contribution in [3.05, 3.63) is 31.4 Å². The molecule has 2 aromatic rings. The van der Waals surface area contributed by atoms with E-state index in [0.717, 1.165) is 26.7 Å². The minimum atomic E-state index is 0.0713. The maximum absolute atomic E-state index is 9.15. The van der Waals surface area contributed by atoms with Gasteiger partial charge in [-0.05, 0) is 28.9 Å². The zero-order valence-electron chi connectivity index (χ0n) is 9.61. The molecular weight excluding hydrogens is 320 g/mol. The van der Waals surface area contributed by atoms with Gasteiger partial charge in [-0.1, -0.05) is 11.3 Å². The highest BCUT2D eigenvalue weighted by Crippen LogP contribution is 2.28. The number of aliphatic hydroxyl groups is 1. The average molecular weight is 333 g/mol. The van der Waals surface area contributed by atoms with Crippen molar-refractivity contribution in [1.82, 2.24) is 4.98 Å². The fraction of sp³-hybridized carbons (Fsp3) is 0.364. The number of anilines is 1. The van der Waals surface area contributed by atoms with Crippen LogP contribution in [0.4, 0.5) is 5.13 Å². The number of thiazole rings is 1. The first-order valence-corrected chi connectivity index (χ1v) is 7.60. The smallest absolute Gasteiger partial charge is 0.185 e. The SMILES string of the molecule is Cc1nc(N(C)Cc2cc(Br)cs2)sc1CO. The van der Waals surface area contributed by atoms with Crippen LogP contribution >= 0.6 is 38.6 Å². The van der Waals surface area contributed by atoms with Gasteiger partial charge in [0.25, 0.3) is 0 Å². The summed E-state index contributed by atoms with van der Waals surface area (Å²) in [5, 5.41) is 12.2. The van der Waals surface area contributed by atoms with E-state index in [9.17, 15) is 0 Å². The van der Waals surface area contributed by atoms with Crippen LogP contribution in [0.3, 0.4) is 0 Å². The summed E-state index contributed by atoms with van der Waals surface area (Å²) in [6, 6.07) is 2.12. The Morgan fingerprint density at radius 3 is 2.82 bits per heavy atom. The van der Waals surface area contributed by atoms with Gasteiger partial charge >= 0.3 is 0 Å². The lowest BCUT2D eigenvalue weighted by atomic mass is 10.4. The van der Waals surface area contributed by atoms with Gasteiger partial charge in [-0.25, -0.2) is 4.98 Å². The first kappa shape index (κ1) is 13.0. The number of hydrogen-bond donors (Lipinski definition) is 1. The number of aliphatic hydroxyl groups excluding tert-OH is 1. The van der Waals surface area contributed by atoms with Gasteiger partial charge in [-0.15, -0.1) is 11.3 Å². The Bertz CT molecular complexity index is 509. The molecule has 0 saturated carbocycles. The van der Waals surface area contributed by atoms with Crippen LogP contribution in [0.15, 0.2) is 15.9 Å². The molecule has 0 aliphatic carbocycles. The van der Waals surface area contributed by atoms with Crippen LogP contribution < -0.4 is 4.90 Å². The van der Waals surface area contributed by atoms with E-state index in [0.29, 0.717) is 0 Å². The van der Waals surface area contributed by atoms with E-state index in [2.05, 4.69) is 37.3 Å². The molecule has 0 atom stereocenters. The van der Waals surface area contributed by atoms with Crippen molar-refractivity contribution in [2.45, 2.75) is 20.1 Å². The Morgan fingerprint density at radius 2 is 2.29 bits per heavy atom. The van der Waals surface area contributed by atoms with Crippen LogP contribution in [0.5, 0.6) is 0 Å². The van der Waals surface area contributed by atoms with E-state index in [4.69, 9.17) is 5.11 Å². The summed E-state index contributed by atoms with van der Waals surface area (Å²) in [6.45, 7) is 2.84. The van der Waals surface area contributed by atoms with Crippen LogP contribution in [0.1, 0.15) is 15.4 Å². The molecule has 0 aromatic carbocycles. The van der Waals surface area contributed by atoms with Crippen molar-refractivity contribution >= 4 is 43.7 Å². The Morgan fingerprint density at radius 1 is 1.53 bits per heavy atom. The number of nitrogens with zero attached hydrogens (tertiary/aromatic N) is 2. The number of rotatable bonds is 4. The summed E-state index contributed by atoms with van der Waals surface area (Å²) in [5.74, 6) is 0. The summed E-state index contributed by atoms with van der Waals surface area (Å²) in [6.07, 6.45) is 0. The third kappa shape index (κ3) is 3.07. The number of aromatic nitrogens is 1. The lowest BCUT2D eigenvalue weighted by molar-refractivity contribution is 0.284. The molecule has 0 unspecified atom stereocenters. The average Bonchev–Trinajstić information content (AvgIpc) is 2.85. The molecule has 0 saturated heterocycles. The molecule has 2 heterocycles. The monoisotopic (exact) mass is 332 g/mol. The third-order valence-electron chi connectivity index (χ3n) is 2.37. The van der Waals surface area contributed by atoms with E-state index in [1.807, 2.05) is 14.0 Å². The van der Waals surface area contributed by atoms with Crippen molar-refractivity contribution < 1.29 is 5.11 Å². The molecule has 6 heteroatoms. The Kier molecular flexibility index (Phi) is 4.19. The summed E-state index contributed by atoms with van der Waals surface area (Å²) in [5.41, 5.74) is 0.923. The third-order valence-corrected chi connectivity index (χ3v) is 5.31. The van der Waals surface area contributed by atoms with Gasteiger partial charge in [0, 0.05) is 21.8 Å². The molecular formula is C11H13BrN2OS2. The molecule has 0 aliphatic rings. The van der Waals surface area contributed by atoms with Crippen LogP contribution in [0.25, 0.3) is 0 Å². The standard InChI is InChI=1S/C11H13BrN2OS2/c1-7-10(5-15)17-11(13-7)14(2)4-9-3-8(12)6-16-9/h3,6,15H,4-5H2,1-2H3. The van der Waals surface area contributed by atoms with Gasteiger partial charge in [-0.3, -0.25) is 0 Å².